The lowest BCUT2D eigenvalue weighted by Crippen LogP contribution is -2.43. The number of carbonyl (C=O) groups excluding carboxylic acids is 1. The van der Waals surface area contributed by atoms with Gasteiger partial charge in [-0.2, -0.15) is 0 Å². The molecule has 0 bridgehead atoms. The molecule has 0 saturated heterocycles. The van der Waals surface area contributed by atoms with E-state index in [0.717, 1.165) is 18.6 Å². The SMILES string of the molecule is Cc1ccc(OCNC(=O)NC2CCCCCC2)cc1C. The van der Waals surface area contributed by atoms with Gasteiger partial charge in [0.1, 0.15) is 5.75 Å². The number of hydrogen-bond donors (Lipinski definition) is 2. The highest BCUT2D eigenvalue weighted by atomic mass is 16.5. The van der Waals surface area contributed by atoms with Gasteiger partial charge in [0.25, 0.3) is 0 Å². The predicted molar refractivity (Wildman–Crippen MR) is 84.6 cm³/mol. The maximum absolute atomic E-state index is 11.8. The summed E-state index contributed by atoms with van der Waals surface area (Å²) in [5, 5.41) is 5.80. The number of ether oxygens (including phenoxy) is 1. The third-order valence-electron chi connectivity index (χ3n) is 4.14. The van der Waals surface area contributed by atoms with Gasteiger partial charge in [0.05, 0.1) is 0 Å². The molecule has 0 radical (unpaired) electrons. The maximum atomic E-state index is 11.8. The lowest BCUT2D eigenvalue weighted by Gasteiger charge is -2.17. The van der Waals surface area contributed by atoms with Crippen molar-refractivity contribution in [1.82, 2.24) is 10.6 Å². The van der Waals surface area contributed by atoms with Gasteiger partial charge in [0.15, 0.2) is 6.73 Å². The van der Waals surface area contributed by atoms with E-state index in [-0.39, 0.29) is 12.8 Å². The van der Waals surface area contributed by atoms with Crippen molar-refractivity contribution in [3.05, 3.63) is 29.3 Å². The molecule has 1 aliphatic carbocycles. The Labute approximate surface area is 127 Å². The van der Waals surface area contributed by atoms with E-state index in [1.165, 1.54) is 36.8 Å². The van der Waals surface area contributed by atoms with E-state index >= 15 is 0 Å². The number of hydrogen-bond acceptors (Lipinski definition) is 2. The molecule has 1 fully saturated rings. The van der Waals surface area contributed by atoms with Crippen LogP contribution in [0.25, 0.3) is 0 Å². The van der Waals surface area contributed by atoms with Crippen LogP contribution >= 0.6 is 0 Å². The van der Waals surface area contributed by atoms with Gasteiger partial charge in [-0.05, 0) is 49.9 Å². The van der Waals surface area contributed by atoms with E-state index in [1.54, 1.807) is 0 Å². The van der Waals surface area contributed by atoms with E-state index in [0.29, 0.717) is 6.04 Å². The molecule has 0 atom stereocenters. The van der Waals surface area contributed by atoms with E-state index in [2.05, 4.69) is 17.6 Å². The van der Waals surface area contributed by atoms with E-state index < -0.39 is 0 Å². The lowest BCUT2D eigenvalue weighted by atomic mass is 10.1. The summed E-state index contributed by atoms with van der Waals surface area (Å²) >= 11 is 0. The molecule has 1 aromatic carbocycles. The fourth-order valence-electron chi connectivity index (χ4n) is 2.65. The number of aryl methyl sites for hydroxylation is 2. The van der Waals surface area contributed by atoms with Crippen molar-refractivity contribution >= 4 is 6.03 Å². The normalized spacial score (nSPS) is 16.1. The zero-order valence-electron chi connectivity index (χ0n) is 13.1. The summed E-state index contributed by atoms with van der Waals surface area (Å²) in [7, 11) is 0. The molecule has 4 nitrogen and oxygen atoms in total. The molecule has 2 rings (SSSR count). The van der Waals surface area contributed by atoms with Gasteiger partial charge in [0.2, 0.25) is 0 Å². The molecular formula is C17H26N2O2. The number of rotatable bonds is 4. The van der Waals surface area contributed by atoms with Crippen LogP contribution in [0.1, 0.15) is 49.7 Å². The monoisotopic (exact) mass is 290 g/mol. The zero-order chi connectivity index (χ0) is 15.1. The summed E-state index contributed by atoms with van der Waals surface area (Å²) in [6, 6.07) is 6.11. The molecule has 1 aromatic rings. The molecule has 4 heteroatoms. The first-order valence-corrected chi connectivity index (χ1v) is 7.89. The number of benzene rings is 1. The number of amides is 2. The fourth-order valence-corrected chi connectivity index (χ4v) is 2.65. The summed E-state index contributed by atoms with van der Waals surface area (Å²) < 4.78 is 5.55. The molecule has 1 saturated carbocycles. The molecule has 2 N–H and O–H groups in total. The smallest absolute Gasteiger partial charge is 0.317 e. The maximum Gasteiger partial charge on any atom is 0.317 e. The van der Waals surface area contributed by atoms with Crippen LogP contribution < -0.4 is 15.4 Å². The zero-order valence-corrected chi connectivity index (χ0v) is 13.1. The Morgan fingerprint density at radius 2 is 1.86 bits per heavy atom. The number of carbonyl (C=O) groups is 1. The molecule has 116 valence electrons. The molecule has 21 heavy (non-hydrogen) atoms. The molecule has 1 aliphatic rings. The highest BCUT2D eigenvalue weighted by Gasteiger charge is 2.14. The van der Waals surface area contributed by atoms with Crippen LogP contribution in [0.2, 0.25) is 0 Å². The van der Waals surface area contributed by atoms with Gasteiger partial charge in [0, 0.05) is 6.04 Å². The Morgan fingerprint density at radius 3 is 2.52 bits per heavy atom. The first-order chi connectivity index (χ1) is 10.1. The van der Waals surface area contributed by atoms with Crippen LogP contribution in [-0.2, 0) is 0 Å². The van der Waals surface area contributed by atoms with Crippen LogP contribution in [0.3, 0.4) is 0 Å². The largest absolute Gasteiger partial charge is 0.473 e. The average molecular weight is 290 g/mol. The highest BCUT2D eigenvalue weighted by Crippen LogP contribution is 2.17. The fraction of sp³-hybridized carbons (Fsp3) is 0.588. The second kappa shape index (κ2) is 7.91. The Balaban J connectivity index is 1.69. The minimum atomic E-state index is -0.134. The van der Waals surface area contributed by atoms with Crippen molar-refractivity contribution in [3.63, 3.8) is 0 Å². The number of urea groups is 1. The third-order valence-corrected chi connectivity index (χ3v) is 4.14. The van der Waals surface area contributed by atoms with Gasteiger partial charge in [-0.15, -0.1) is 0 Å². The van der Waals surface area contributed by atoms with E-state index in [1.807, 2.05) is 25.1 Å². The van der Waals surface area contributed by atoms with Crippen LogP contribution in [0.5, 0.6) is 5.75 Å². The standard InChI is InChI=1S/C17H26N2O2/c1-13-9-10-16(11-14(13)2)21-12-18-17(20)19-15-7-5-3-4-6-8-15/h9-11,15H,3-8,12H2,1-2H3,(H2,18,19,20). The van der Waals surface area contributed by atoms with Gasteiger partial charge in [-0.1, -0.05) is 31.7 Å². The van der Waals surface area contributed by atoms with Crippen molar-refractivity contribution in [1.29, 1.82) is 0 Å². The Kier molecular flexibility index (Phi) is 5.90. The van der Waals surface area contributed by atoms with Crippen molar-refractivity contribution < 1.29 is 9.53 Å². The first-order valence-electron chi connectivity index (χ1n) is 7.89. The third kappa shape index (κ3) is 5.29. The molecule has 0 heterocycles. The topological polar surface area (TPSA) is 50.4 Å². The van der Waals surface area contributed by atoms with Crippen LogP contribution in [0.4, 0.5) is 4.79 Å². The highest BCUT2D eigenvalue weighted by molar-refractivity contribution is 5.74. The summed E-state index contributed by atoms with van der Waals surface area (Å²) in [5.74, 6) is 0.785. The van der Waals surface area contributed by atoms with Crippen molar-refractivity contribution in [2.24, 2.45) is 0 Å². The van der Waals surface area contributed by atoms with Crippen LogP contribution in [0.15, 0.2) is 18.2 Å². The van der Waals surface area contributed by atoms with Gasteiger partial charge in [-0.25, -0.2) is 4.79 Å². The summed E-state index contributed by atoms with van der Waals surface area (Å²) in [6.45, 7) is 4.31. The minimum absolute atomic E-state index is 0.134. The minimum Gasteiger partial charge on any atom is -0.473 e. The quantitative estimate of drug-likeness (QED) is 0.656. The van der Waals surface area contributed by atoms with Gasteiger partial charge >= 0.3 is 6.03 Å². The molecule has 0 aromatic heterocycles. The van der Waals surface area contributed by atoms with Crippen LogP contribution in [0, 0.1) is 13.8 Å². The van der Waals surface area contributed by atoms with E-state index in [9.17, 15) is 4.79 Å². The molecule has 0 aliphatic heterocycles. The van der Waals surface area contributed by atoms with Crippen molar-refractivity contribution in [3.8, 4) is 5.75 Å². The Hall–Kier alpha value is -1.71. The van der Waals surface area contributed by atoms with E-state index in [4.69, 9.17) is 4.74 Å². The Bertz CT molecular complexity index is 466. The van der Waals surface area contributed by atoms with Crippen LogP contribution in [-0.4, -0.2) is 18.8 Å². The van der Waals surface area contributed by atoms with Gasteiger partial charge < -0.3 is 15.4 Å². The second-order valence-corrected chi connectivity index (χ2v) is 5.87. The summed E-state index contributed by atoms with van der Waals surface area (Å²) in [6.07, 6.45) is 7.18. The van der Waals surface area contributed by atoms with Crippen molar-refractivity contribution in [2.45, 2.75) is 58.4 Å². The summed E-state index contributed by atoms with van der Waals surface area (Å²) in [5.41, 5.74) is 2.43. The number of nitrogens with one attached hydrogen (secondary N) is 2. The molecule has 0 unspecified atom stereocenters. The average Bonchev–Trinajstić information content (AvgIpc) is 2.71. The summed E-state index contributed by atoms with van der Waals surface area (Å²) in [4.78, 5) is 11.8. The Morgan fingerprint density at radius 1 is 1.14 bits per heavy atom. The van der Waals surface area contributed by atoms with Crippen molar-refractivity contribution in [2.75, 3.05) is 6.73 Å². The molecule has 2 amide bonds. The lowest BCUT2D eigenvalue weighted by molar-refractivity contribution is 0.219. The second-order valence-electron chi connectivity index (χ2n) is 5.87. The first kappa shape index (κ1) is 15.7. The van der Waals surface area contributed by atoms with Gasteiger partial charge in [-0.3, -0.25) is 0 Å². The molecule has 0 spiro atoms. The molecular weight excluding hydrogens is 264 g/mol. The predicted octanol–water partition coefficient (Wildman–Crippen LogP) is 3.66.